The molecule has 0 aromatic rings. The predicted octanol–water partition coefficient (Wildman–Crippen LogP) is -3.17. The van der Waals surface area contributed by atoms with Gasteiger partial charge in [0.2, 0.25) is 5.91 Å². The molecule has 1 heterocycles. The first kappa shape index (κ1) is 26.1. The average molecular weight is 425 g/mol. The Kier molecular flexibility index (Phi) is 9.86. The van der Waals surface area contributed by atoms with Crippen LogP contribution in [0.5, 0.6) is 0 Å². The van der Waals surface area contributed by atoms with Gasteiger partial charge in [0.25, 0.3) is 0 Å². The van der Waals surface area contributed by atoms with E-state index in [1.807, 2.05) is 20.8 Å². The average Bonchev–Trinajstić information content (AvgIpc) is 2.62. The number of hydrogen-bond acceptors (Lipinski definition) is 10. The van der Waals surface area contributed by atoms with Crippen molar-refractivity contribution in [2.24, 2.45) is 5.41 Å². The Morgan fingerprint density at radius 2 is 1.69 bits per heavy atom. The van der Waals surface area contributed by atoms with Crippen molar-refractivity contribution in [2.75, 3.05) is 13.2 Å². The number of carbonyl (C=O) groups excluding carboxylic acids is 1. The SMILES string of the molecule is CC(=O)N[C@@H](CC(C)(C)C)[C@@H](O[C@@H]1O[C@H](CO)[C@H](O)[C@H](O)[C@H]1O)[C@H](O)[C@H](O)CO. The maximum atomic E-state index is 11.7. The van der Waals surface area contributed by atoms with Gasteiger partial charge in [0.15, 0.2) is 6.29 Å². The van der Waals surface area contributed by atoms with Crippen molar-refractivity contribution in [1.82, 2.24) is 5.32 Å². The van der Waals surface area contributed by atoms with Crippen LogP contribution >= 0.6 is 0 Å². The Bertz CT molecular complexity index is 511. The molecule has 11 nitrogen and oxygen atoms in total. The highest BCUT2D eigenvalue weighted by molar-refractivity contribution is 5.73. The fraction of sp³-hybridized carbons (Fsp3) is 0.944. The molecule has 0 unspecified atom stereocenters. The smallest absolute Gasteiger partial charge is 0.217 e. The maximum Gasteiger partial charge on any atom is 0.217 e. The highest BCUT2D eigenvalue weighted by atomic mass is 16.7. The second-order valence-electron chi connectivity index (χ2n) is 8.61. The number of aliphatic hydroxyl groups is 7. The Morgan fingerprint density at radius 3 is 2.14 bits per heavy atom. The fourth-order valence-corrected chi connectivity index (χ4v) is 3.25. The number of nitrogens with one attached hydrogen (secondary N) is 1. The highest BCUT2D eigenvalue weighted by Gasteiger charge is 2.47. The molecule has 11 heteroatoms. The minimum absolute atomic E-state index is 0.282. The van der Waals surface area contributed by atoms with Crippen LogP contribution < -0.4 is 5.32 Å². The molecule has 0 saturated carbocycles. The van der Waals surface area contributed by atoms with Crippen LogP contribution in [0, 0.1) is 5.41 Å². The Morgan fingerprint density at radius 1 is 1.10 bits per heavy atom. The quantitative estimate of drug-likeness (QED) is 0.187. The number of rotatable bonds is 9. The maximum absolute atomic E-state index is 11.7. The molecular formula is C18H35NO10. The van der Waals surface area contributed by atoms with Gasteiger partial charge >= 0.3 is 0 Å². The summed E-state index contributed by atoms with van der Waals surface area (Å²) in [4.78, 5) is 11.7. The molecule has 0 aromatic heterocycles. The van der Waals surface area contributed by atoms with Gasteiger partial charge in [-0.15, -0.1) is 0 Å². The third-order valence-corrected chi connectivity index (χ3v) is 4.68. The molecule has 1 rings (SSSR count). The lowest BCUT2D eigenvalue weighted by Gasteiger charge is -2.43. The van der Waals surface area contributed by atoms with E-state index in [4.69, 9.17) is 9.47 Å². The molecule has 0 radical (unpaired) electrons. The van der Waals surface area contributed by atoms with Crippen molar-refractivity contribution in [3.05, 3.63) is 0 Å². The van der Waals surface area contributed by atoms with Gasteiger partial charge in [-0.05, 0) is 11.8 Å². The van der Waals surface area contributed by atoms with Crippen molar-refractivity contribution >= 4 is 5.91 Å². The van der Waals surface area contributed by atoms with Crippen LogP contribution in [0.4, 0.5) is 0 Å². The number of amides is 1. The molecule has 1 fully saturated rings. The van der Waals surface area contributed by atoms with E-state index in [9.17, 15) is 40.5 Å². The number of hydrogen-bond donors (Lipinski definition) is 8. The lowest BCUT2D eigenvalue weighted by atomic mass is 9.84. The molecule has 0 aromatic carbocycles. The lowest BCUT2D eigenvalue weighted by molar-refractivity contribution is -0.322. The van der Waals surface area contributed by atoms with Gasteiger partial charge in [-0.3, -0.25) is 4.79 Å². The molecule has 0 bridgehead atoms. The van der Waals surface area contributed by atoms with Gasteiger partial charge in [-0.1, -0.05) is 20.8 Å². The van der Waals surface area contributed by atoms with E-state index < -0.39 is 74.2 Å². The Hall–Kier alpha value is -0.890. The molecule has 29 heavy (non-hydrogen) atoms. The van der Waals surface area contributed by atoms with Crippen molar-refractivity contribution < 1.29 is 50.0 Å². The van der Waals surface area contributed by atoms with E-state index >= 15 is 0 Å². The second-order valence-corrected chi connectivity index (χ2v) is 8.61. The minimum Gasteiger partial charge on any atom is -0.394 e. The summed E-state index contributed by atoms with van der Waals surface area (Å²) in [5.41, 5.74) is -0.353. The van der Waals surface area contributed by atoms with Crippen LogP contribution in [0.15, 0.2) is 0 Å². The van der Waals surface area contributed by atoms with E-state index in [1.54, 1.807) is 0 Å². The monoisotopic (exact) mass is 425 g/mol. The summed E-state index contributed by atoms with van der Waals surface area (Å²) in [7, 11) is 0. The number of carbonyl (C=O) groups is 1. The zero-order chi connectivity index (χ0) is 22.5. The molecule has 1 amide bonds. The molecule has 1 saturated heterocycles. The van der Waals surface area contributed by atoms with Crippen molar-refractivity contribution in [3.63, 3.8) is 0 Å². The van der Waals surface area contributed by atoms with Gasteiger partial charge in [0.1, 0.15) is 42.7 Å². The number of ether oxygens (including phenoxy) is 2. The summed E-state index contributed by atoms with van der Waals surface area (Å²) in [5.74, 6) is -0.438. The topological polar surface area (TPSA) is 189 Å². The first-order chi connectivity index (χ1) is 13.3. The van der Waals surface area contributed by atoms with E-state index in [-0.39, 0.29) is 11.8 Å². The standard InChI is InChI=1S/C18H35NO10/c1-8(22)19-9(5-18(2,3)4)16(12(24)10(23)6-20)29-17-15(27)14(26)13(25)11(7-21)28-17/h9-17,20-21,23-27H,5-7H2,1-4H3,(H,19,22)/t9-,10+,11+,12+,13-,14-,15+,16+,17-/m0/s1. The highest BCUT2D eigenvalue weighted by Crippen LogP contribution is 2.29. The van der Waals surface area contributed by atoms with Gasteiger partial charge in [0.05, 0.1) is 19.3 Å². The normalized spacial score (nSPS) is 32.3. The third kappa shape index (κ3) is 7.39. The van der Waals surface area contributed by atoms with Crippen LogP contribution in [0.25, 0.3) is 0 Å². The molecule has 172 valence electrons. The van der Waals surface area contributed by atoms with E-state index in [0.29, 0.717) is 0 Å². The molecule has 1 aliphatic heterocycles. The van der Waals surface area contributed by atoms with Crippen molar-refractivity contribution in [1.29, 1.82) is 0 Å². The summed E-state index contributed by atoms with van der Waals surface area (Å²) in [5, 5.41) is 71.7. The van der Waals surface area contributed by atoms with E-state index in [0.717, 1.165) is 0 Å². The van der Waals surface area contributed by atoms with Crippen LogP contribution in [0.1, 0.15) is 34.1 Å². The van der Waals surface area contributed by atoms with Gasteiger partial charge in [-0.2, -0.15) is 0 Å². The molecule has 1 aliphatic rings. The first-order valence-electron chi connectivity index (χ1n) is 9.52. The van der Waals surface area contributed by atoms with Crippen LogP contribution in [-0.4, -0.2) is 110 Å². The zero-order valence-electron chi connectivity index (χ0n) is 17.2. The zero-order valence-corrected chi connectivity index (χ0v) is 17.2. The first-order valence-corrected chi connectivity index (χ1v) is 9.52. The largest absolute Gasteiger partial charge is 0.394 e. The molecule has 9 atom stereocenters. The fourth-order valence-electron chi connectivity index (χ4n) is 3.25. The van der Waals surface area contributed by atoms with Crippen LogP contribution in [-0.2, 0) is 14.3 Å². The summed E-state index contributed by atoms with van der Waals surface area (Å²) >= 11 is 0. The summed E-state index contributed by atoms with van der Waals surface area (Å²) in [6.45, 7) is 5.42. The summed E-state index contributed by atoms with van der Waals surface area (Å²) in [6, 6.07) is -0.865. The molecule has 0 spiro atoms. The Labute approximate surface area is 169 Å². The molecular weight excluding hydrogens is 390 g/mol. The van der Waals surface area contributed by atoms with E-state index in [2.05, 4.69) is 5.32 Å². The predicted molar refractivity (Wildman–Crippen MR) is 99.4 cm³/mol. The third-order valence-electron chi connectivity index (χ3n) is 4.68. The second kappa shape index (κ2) is 10.9. The summed E-state index contributed by atoms with van der Waals surface area (Å²) in [6.07, 6.45) is -12.2. The lowest BCUT2D eigenvalue weighted by Crippen LogP contribution is -2.62. The van der Waals surface area contributed by atoms with Crippen molar-refractivity contribution in [2.45, 2.75) is 89.2 Å². The van der Waals surface area contributed by atoms with Crippen LogP contribution in [0.2, 0.25) is 0 Å². The van der Waals surface area contributed by atoms with Crippen molar-refractivity contribution in [3.8, 4) is 0 Å². The van der Waals surface area contributed by atoms with Gasteiger partial charge < -0.3 is 50.5 Å². The van der Waals surface area contributed by atoms with E-state index in [1.165, 1.54) is 6.92 Å². The Balaban J connectivity index is 3.20. The van der Waals surface area contributed by atoms with Crippen LogP contribution in [0.3, 0.4) is 0 Å². The minimum atomic E-state index is -1.73. The number of aliphatic hydroxyl groups excluding tert-OH is 7. The van der Waals surface area contributed by atoms with Gasteiger partial charge in [0, 0.05) is 6.92 Å². The molecule has 0 aliphatic carbocycles. The summed E-state index contributed by atoms with van der Waals surface area (Å²) < 4.78 is 11.0. The molecule has 8 N–H and O–H groups in total. The van der Waals surface area contributed by atoms with Gasteiger partial charge in [-0.25, -0.2) is 0 Å².